The highest BCUT2D eigenvalue weighted by atomic mass is 16.5. The molecule has 0 aromatic carbocycles. The topological polar surface area (TPSA) is 24.5 Å². The maximum atomic E-state index is 5.40. The zero-order valence-electron chi connectivity index (χ0n) is 15.2. The second-order valence-electron chi connectivity index (χ2n) is 6.74. The van der Waals surface area contributed by atoms with Crippen molar-refractivity contribution in [3.63, 3.8) is 0 Å². The summed E-state index contributed by atoms with van der Waals surface area (Å²) in [5.41, 5.74) is 4.99. The van der Waals surface area contributed by atoms with Crippen LogP contribution in [0.4, 0.5) is 0 Å². The molecule has 0 aliphatic carbocycles. The zero-order valence-corrected chi connectivity index (χ0v) is 15.2. The van der Waals surface area contributed by atoms with Gasteiger partial charge in [-0.3, -0.25) is 4.90 Å². The fraction of sp³-hybridized carbons (Fsp3) is 0.842. The highest BCUT2D eigenvalue weighted by molar-refractivity contribution is 5.04. The molecule has 0 spiro atoms. The third-order valence-corrected chi connectivity index (χ3v) is 4.58. The van der Waals surface area contributed by atoms with Crippen LogP contribution in [0, 0.1) is 5.41 Å². The molecule has 3 heteroatoms. The van der Waals surface area contributed by atoms with Crippen LogP contribution >= 0.6 is 0 Å². The average molecular weight is 309 g/mol. The van der Waals surface area contributed by atoms with Crippen molar-refractivity contribution in [2.75, 3.05) is 45.9 Å². The minimum absolute atomic E-state index is 0.262. The number of ether oxygens (including phenoxy) is 1. The Labute approximate surface area is 137 Å². The monoisotopic (exact) mass is 308 g/mol. The largest absolute Gasteiger partial charge is 0.379 e. The number of unbranched alkanes of at least 4 members (excludes halogenated alkanes) is 1. The lowest BCUT2D eigenvalue weighted by Crippen LogP contribution is -2.42. The van der Waals surface area contributed by atoms with Gasteiger partial charge in [0.05, 0.1) is 13.2 Å². The number of morpholine rings is 1. The Kier molecular flexibility index (Phi) is 9.74. The molecule has 1 aliphatic rings. The summed E-state index contributed by atoms with van der Waals surface area (Å²) >= 11 is 0. The second kappa shape index (κ2) is 11.0. The molecule has 1 fully saturated rings. The van der Waals surface area contributed by atoms with Gasteiger partial charge in [0.1, 0.15) is 0 Å². The second-order valence-corrected chi connectivity index (χ2v) is 6.74. The van der Waals surface area contributed by atoms with E-state index in [0.29, 0.717) is 0 Å². The summed E-state index contributed by atoms with van der Waals surface area (Å²) < 4.78 is 5.40. The summed E-state index contributed by atoms with van der Waals surface area (Å²) in [5, 5.41) is 3.69. The van der Waals surface area contributed by atoms with Gasteiger partial charge < -0.3 is 10.1 Å². The zero-order chi connectivity index (χ0) is 16.3. The summed E-state index contributed by atoms with van der Waals surface area (Å²) in [7, 11) is 0. The standard InChI is InChI=1S/C19H36N2O/c1-5-7-9-19(6-2,10-8-18(3)4)17-20-11-12-21-13-15-22-16-14-21/h10,20H,5-7,9,11-17H2,1-4H3/t19-/m1/s1. The van der Waals surface area contributed by atoms with E-state index in [2.05, 4.69) is 49.7 Å². The van der Waals surface area contributed by atoms with Crippen molar-refractivity contribution < 1.29 is 4.74 Å². The fourth-order valence-electron chi connectivity index (χ4n) is 2.84. The number of hydrogen-bond donors (Lipinski definition) is 1. The van der Waals surface area contributed by atoms with Crippen molar-refractivity contribution in [1.82, 2.24) is 10.2 Å². The van der Waals surface area contributed by atoms with Crippen LogP contribution in [-0.4, -0.2) is 50.8 Å². The molecule has 1 rings (SSSR count). The molecule has 0 radical (unpaired) electrons. The molecule has 1 heterocycles. The van der Waals surface area contributed by atoms with Crippen molar-refractivity contribution >= 4 is 0 Å². The summed E-state index contributed by atoms with van der Waals surface area (Å²) in [6.07, 6.45) is 7.32. The Morgan fingerprint density at radius 2 is 2.00 bits per heavy atom. The fourth-order valence-corrected chi connectivity index (χ4v) is 2.84. The van der Waals surface area contributed by atoms with Crippen molar-refractivity contribution in [2.24, 2.45) is 5.41 Å². The minimum Gasteiger partial charge on any atom is -0.379 e. The van der Waals surface area contributed by atoms with Crippen molar-refractivity contribution in [1.29, 1.82) is 0 Å². The Hall–Kier alpha value is -0.600. The van der Waals surface area contributed by atoms with Crippen molar-refractivity contribution in [2.45, 2.75) is 53.4 Å². The van der Waals surface area contributed by atoms with Crippen LogP contribution in [0.3, 0.4) is 0 Å². The Morgan fingerprint density at radius 3 is 2.59 bits per heavy atom. The quantitative estimate of drug-likeness (QED) is 0.493. The van der Waals surface area contributed by atoms with E-state index in [1.54, 1.807) is 0 Å². The molecule has 1 N–H and O–H groups in total. The maximum Gasteiger partial charge on any atom is 0.0594 e. The van der Waals surface area contributed by atoms with E-state index < -0.39 is 0 Å². The third-order valence-electron chi connectivity index (χ3n) is 4.58. The van der Waals surface area contributed by atoms with E-state index in [0.717, 1.165) is 45.9 Å². The Balaban J connectivity index is 2.46. The van der Waals surface area contributed by atoms with Crippen LogP contribution in [0.5, 0.6) is 0 Å². The van der Waals surface area contributed by atoms with Gasteiger partial charge in [-0.15, -0.1) is 5.73 Å². The molecule has 1 saturated heterocycles. The predicted molar refractivity (Wildman–Crippen MR) is 95.3 cm³/mol. The van der Waals surface area contributed by atoms with Gasteiger partial charge in [-0.2, -0.15) is 0 Å². The molecular weight excluding hydrogens is 272 g/mol. The molecule has 22 heavy (non-hydrogen) atoms. The van der Waals surface area contributed by atoms with Crippen LogP contribution in [0.1, 0.15) is 53.4 Å². The summed E-state index contributed by atoms with van der Waals surface area (Å²) in [4.78, 5) is 2.49. The van der Waals surface area contributed by atoms with Gasteiger partial charge in [-0.05, 0) is 38.3 Å². The van der Waals surface area contributed by atoms with Crippen LogP contribution in [0.2, 0.25) is 0 Å². The lowest BCUT2D eigenvalue weighted by molar-refractivity contribution is 0.0382. The van der Waals surface area contributed by atoms with Crippen LogP contribution in [0.15, 0.2) is 17.4 Å². The molecule has 3 nitrogen and oxygen atoms in total. The lowest BCUT2D eigenvalue weighted by atomic mass is 9.80. The van der Waals surface area contributed by atoms with Gasteiger partial charge in [0, 0.05) is 38.1 Å². The predicted octanol–water partition coefficient (Wildman–Crippen LogP) is 3.62. The lowest BCUT2D eigenvalue weighted by Gasteiger charge is -2.31. The van der Waals surface area contributed by atoms with Gasteiger partial charge in [0.2, 0.25) is 0 Å². The van der Waals surface area contributed by atoms with Crippen LogP contribution in [0.25, 0.3) is 0 Å². The van der Waals surface area contributed by atoms with Crippen molar-refractivity contribution in [3.05, 3.63) is 17.4 Å². The Bertz CT molecular complexity index is 350. The highest BCUT2D eigenvalue weighted by Crippen LogP contribution is 2.29. The van der Waals surface area contributed by atoms with Crippen LogP contribution in [-0.2, 0) is 4.74 Å². The van der Waals surface area contributed by atoms with E-state index in [1.165, 1.54) is 31.3 Å². The van der Waals surface area contributed by atoms with Crippen LogP contribution < -0.4 is 5.32 Å². The summed E-state index contributed by atoms with van der Waals surface area (Å²) in [6.45, 7) is 16.0. The molecule has 0 saturated carbocycles. The molecule has 0 aromatic heterocycles. The molecule has 0 amide bonds. The van der Waals surface area contributed by atoms with Gasteiger partial charge in [-0.25, -0.2) is 0 Å². The third kappa shape index (κ3) is 7.60. The van der Waals surface area contributed by atoms with E-state index in [9.17, 15) is 0 Å². The summed E-state index contributed by atoms with van der Waals surface area (Å²) in [6, 6.07) is 0. The first kappa shape index (κ1) is 19.4. The summed E-state index contributed by atoms with van der Waals surface area (Å²) in [5.74, 6) is 0. The maximum absolute atomic E-state index is 5.40. The Morgan fingerprint density at radius 1 is 1.27 bits per heavy atom. The first-order valence-electron chi connectivity index (χ1n) is 9.04. The van der Waals surface area contributed by atoms with E-state index in [4.69, 9.17) is 4.74 Å². The normalized spacial score (nSPS) is 18.5. The van der Waals surface area contributed by atoms with Gasteiger partial charge in [0.25, 0.3) is 0 Å². The molecule has 1 aliphatic heterocycles. The van der Waals surface area contributed by atoms with Gasteiger partial charge >= 0.3 is 0 Å². The van der Waals surface area contributed by atoms with E-state index >= 15 is 0 Å². The molecule has 0 bridgehead atoms. The number of nitrogens with zero attached hydrogens (tertiary/aromatic N) is 1. The molecule has 128 valence electrons. The number of rotatable bonds is 10. The molecule has 0 unspecified atom stereocenters. The average Bonchev–Trinajstić information content (AvgIpc) is 2.54. The van der Waals surface area contributed by atoms with Gasteiger partial charge in [-0.1, -0.05) is 26.7 Å². The first-order valence-corrected chi connectivity index (χ1v) is 9.04. The van der Waals surface area contributed by atoms with Crippen molar-refractivity contribution in [3.8, 4) is 0 Å². The van der Waals surface area contributed by atoms with E-state index in [-0.39, 0.29) is 5.41 Å². The molecule has 1 atom stereocenters. The molecule has 0 aromatic rings. The SMILES string of the molecule is CCCC[C@@](C=C=C(C)C)(CC)CNCCN1CCOCC1. The molecular formula is C19H36N2O. The van der Waals surface area contributed by atoms with E-state index in [1.807, 2.05) is 0 Å². The first-order chi connectivity index (χ1) is 10.6. The minimum atomic E-state index is 0.262. The highest BCUT2D eigenvalue weighted by Gasteiger charge is 2.24. The number of nitrogens with one attached hydrogen (secondary N) is 1. The number of hydrogen-bond acceptors (Lipinski definition) is 3. The van der Waals surface area contributed by atoms with Gasteiger partial charge in [0.15, 0.2) is 0 Å². The smallest absolute Gasteiger partial charge is 0.0594 e.